The smallest absolute Gasteiger partial charge is 0.292 e. The van der Waals surface area contributed by atoms with Gasteiger partial charge in [0.25, 0.3) is 11.7 Å². The molecule has 3 rings (SSSR count). The van der Waals surface area contributed by atoms with E-state index in [9.17, 15) is 14.4 Å². The van der Waals surface area contributed by atoms with Crippen molar-refractivity contribution < 1.29 is 19.1 Å². The Labute approximate surface area is 145 Å². The van der Waals surface area contributed by atoms with Gasteiger partial charge in [-0.25, -0.2) is 0 Å². The standard InChI is InChI=1S/C18H21N3O4/c1-2-19-18(24)17(23)14-11-21(15-6-4-3-5-13(14)15)12-16(22)20-7-9-25-10-8-20/h3-6,11H,2,7-10,12H2,1H3,(H,19,24). The average molecular weight is 343 g/mol. The fourth-order valence-corrected chi connectivity index (χ4v) is 2.98. The van der Waals surface area contributed by atoms with Crippen LogP contribution in [0.2, 0.25) is 0 Å². The minimum absolute atomic E-state index is 0.0268. The second kappa shape index (κ2) is 7.48. The van der Waals surface area contributed by atoms with Gasteiger partial charge in [0, 0.05) is 36.7 Å². The van der Waals surface area contributed by atoms with Gasteiger partial charge >= 0.3 is 0 Å². The fraction of sp³-hybridized carbons (Fsp3) is 0.389. The summed E-state index contributed by atoms with van der Waals surface area (Å²) in [5.74, 6) is -1.25. The molecular weight excluding hydrogens is 322 g/mol. The molecule has 0 atom stereocenters. The van der Waals surface area contributed by atoms with Crippen molar-refractivity contribution >= 4 is 28.5 Å². The van der Waals surface area contributed by atoms with Gasteiger partial charge < -0.3 is 19.5 Å². The Morgan fingerprint density at radius 1 is 1.16 bits per heavy atom. The van der Waals surface area contributed by atoms with E-state index >= 15 is 0 Å². The highest BCUT2D eigenvalue weighted by Gasteiger charge is 2.23. The minimum Gasteiger partial charge on any atom is -0.378 e. The number of benzene rings is 1. The predicted molar refractivity (Wildman–Crippen MR) is 92.4 cm³/mol. The first-order valence-corrected chi connectivity index (χ1v) is 8.37. The normalized spacial score (nSPS) is 14.5. The molecule has 132 valence electrons. The molecule has 25 heavy (non-hydrogen) atoms. The van der Waals surface area contributed by atoms with Crippen molar-refractivity contribution in [1.82, 2.24) is 14.8 Å². The highest BCUT2D eigenvalue weighted by atomic mass is 16.5. The topological polar surface area (TPSA) is 80.6 Å². The Balaban J connectivity index is 1.89. The average Bonchev–Trinajstić information content (AvgIpc) is 3.00. The van der Waals surface area contributed by atoms with E-state index in [4.69, 9.17) is 4.74 Å². The highest BCUT2D eigenvalue weighted by Crippen LogP contribution is 2.22. The monoisotopic (exact) mass is 343 g/mol. The van der Waals surface area contributed by atoms with Crippen LogP contribution in [0, 0.1) is 0 Å². The Morgan fingerprint density at radius 3 is 2.60 bits per heavy atom. The summed E-state index contributed by atoms with van der Waals surface area (Å²) in [4.78, 5) is 38.6. The molecule has 2 aromatic rings. The number of fused-ring (bicyclic) bond motifs is 1. The van der Waals surface area contributed by atoms with Gasteiger partial charge in [-0.2, -0.15) is 0 Å². The molecule has 2 amide bonds. The molecule has 1 N–H and O–H groups in total. The van der Waals surface area contributed by atoms with Crippen molar-refractivity contribution in [3.63, 3.8) is 0 Å². The van der Waals surface area contributed by atoms with Crippen LogP contribution in [-0.2, 0) is 20.9 Å². The molecule has 0 unspecified atom stereocenters. The summed E-state index contributed by atoms with van der Waals surface area (Å²) in [6.07, 6.45) is 1.60. The lowest BCUT2D eigenvalue weighted by molar-refractivity contribution is -0.135. The molecule has 1 fully saturated rings. The molecule has 7 nitrogen and oxygen atoms in total. The van der Waals surface area contributed by atoms with Crippen molar-refractivity contribution in [2.45, 2.75) is 13.5 Å². The van der Waals surface area contributed by atoms with E-state index in [0.717, 1.165) is 5.52 Å². The first-order valence-electron chi connectivity index (χ1n) is 8.37. The molecule has 0 bridgehead atoms. The number of hydrogen-bond acceptors (Lipinski definition) is 4. The third-order valence-corrected chi connectivity index (χ3v) is 4.25. The zero-order valence-corrected chi connectivity index (χ0v) is 14.2. The molecule has 0 aliphatic carbocycles. The number of likely N-dealkylation sites (N-methyl/N-ethyl adjacent to an activating group) is 1. The van der Waals surface area contributed by atoms with Crippen LogP contribution in [0.15, 0.2) is 30.5 Å². The van der Waals surface area contributed by atoms with Crippen molar-refractivity contribution in [2.75, 3.05) is 32.8 Å². The first kappa shape index (κ1) is 17.2. The van der Waals surface area contributed by atoms with Gasteiger partial charge in [-0.15, -0.1) is 0 Å². The number of aromatic nitrogens is 1. The zero-order chi connectivity index (χ0) is 17.8. The SMILES string of the molecule is CCNC(=O)C(=O)c1cn(CC(=O)N2CCOCC2)c2ccccc12. The van der Waals surface area contributed by atoms with E-state index in [2.05, 4.69) is 5.32 Å². The minimum atomic E-state index is -0.634. The molecule has 0 spiro atoms. The van der Waals surface area contributed by atoms with Gasteiger partial charge in [0.15, 0.2) is 0 Å². The van der Waals surface area contributed by atoms with E-state index in [1.807, 2.05) is 18.2 Å². The largest absolute Gasteiger partial charge is 0.378 e. The highest BCUT2D eigenvalue weighted by molar-refractivity contribution is 6.45. The lowest BCUT2D eigenvalue weighted by atomic mass is 10.1. The number of amides is 2. The molecule has 1 aliphatic rings. The lowest BCUT2D eigenvalue weighted by Crippen LogP contribution is -2.42. The third kappa shape index (κ3) is 3.56. The molecule has 0 saturated carbocycles. The van der Waals surface area contributed by atoms with Gasteiger partial charge in [-0.05, 0) is 13.0 Å². The maximum atomic E-state index is 12.5. The Hall–Kier alpha value is -2.67. The Morgan fingerprint density at radius 2 is 1.88 bits per heavy atom. The van der Waals surface area contributed by atoms with Crippen LogP contribution in [0.25, 0.3) is 10.9 Å². The summed E-state index contributed by atoms with van der Waals surface area (Å²) in [6, 6.07) is 7.29. The van der Waals surface area contributed by atoms with Gasteiger partial charge in [-0.1, -0.05) is 18.2 Å². The molecule has 1 aromatic carbocycles. The van der Waals surface area contributed by atoms with Gasteiger partial charge in [0.1, 0.15) is 6.54 Å². The molecule has 1 aliphatic heterocycles. The van der Waals surface area contributed by atoms with Crippen LogP contribution in [0.5, 0.6) is 0 Å². The van der Waals surface area contributed by atoms with Crippen molar-refractivity contribution in [3.8, 4) is 0 Å². The van der Waals surface area contributed by atoms with Crippen LogP contribution < -0.4 is 5.32 Å². The summed E-state index contributed by atoms with van der Waals surface area (Å²) in [5.41, 5.74) is 1.08. The fourth-order valence-electron chi connectivity index (χ4n) is 2.98. The maximum Gasteiger partial charge on any atom is 0.292 e. The number of ketones is 1. The Bertz CT molecular complexity index is 806. The summed E-state index contributed by atoms with van der Waals surface area (Å²) in [6.45, 7) is 4.50. The molecule has 0 radical (unpaired) electrons. The van der Waals surface area contributed by atoms with Gasteiger partial charge in [0.2, 0.25) is 5.91 Å². The van der Waals surface area contributed by atoms with Crippen LogP contribution >= 0.6 is 0 Å². The van der Waals surface area contributed by atoms with Gasteiger partial charge in [0.05, 0.1) is 18.8 Å². The number of para-hydroxylation sites is 1. The number of ether oxygens (including phenoxy) is 1. The van der Waals surface area contributed by atoms with E-state index in [1.54, 1.807) is 28.7 Å². The second-order valence-corrected chi connectivity index (χ2v) is 5.87. The van der Waals surface area contributed by atoms with Crippen LogP contribution in [0.4, 0.5) is 0 Å². The molecule has 2 heterocycles. The number of rotatable bonds is 5. The van der Waals surface area contributed by atoms with E-state index < -0.39 is 11.7 Å². The summed E-state index contributed by atoms with van der Waals surface area (Å²) in [7, 11) is 0. The third-order valence-electron chi connectivity index (χ3n) is 4.25. The number of morpholine rings is 1. The first-order chi connectivity index (χ1) is 12.1. The zero-order valence-electron chi connectivity index (χ0n) is 14.2. The number of nitrogens with zero attached hydrogens (tertiary/aromatic N) is 2. The van der Waals surface area contributed by atoms with Crippen molar-refractivity contribution in [3.05, 3.63) is 36.0 Å². The lowest BCUT2D eigenvalue weighted by Gasteiger charge is -2.27. The molecule has 7 heteroatoms. The van der Waals surface area contributed by atoms with Crippen molar-refractivity contribution in [1.29, 1.82) is 0 Å². The number of carbonyl (C=O) groups excluding carboxylic acids is 3. The summed E-state index contributed by atoms with van der Waals surface area (Å²) < 4.78 is 7.00. The molecular formula is C18H21N3O4. The predicted octanol–water partition coefficient (Wildman–Crippen LogP) is 0.819. The Kier molecular flexibility index (Phi) is 5.14. The second-order valence-electron chi connectivity index (χ2n) is 5.87. The van der Waals surface area contributed by atoms with Crippen LogP contribution in [-0.4, -0.2) is 59.9 Å². The molecule has 1 saturated heterocycles. The van der Waals surface area contributed by atoms with Crippen molar-refractivity contribution in [2.24, 2.45) is 0 Å². The number of carbonyl (C=O) groups is 3. The quantitative estimate of drug-likeness (QED) is 0.644. The van der Waals surface area contributed by atoms with E-state index in [0.29, 0.717) is 43.8 Å². The van der Waals surface area contributed by atoms with E-state index in [-0.39, 0.29) is 12.5 Å². The number of nitrogens with one attached hydrogen (secondary N) is 1. The molecule has 1 aromatic heterocycles. The van der Waals surface area contributed by atoms with Crippen LogP contribution in [0.1, 0.15) is 17.3 Å². The summed E-state index contributed by atoms with van der Waals surface area (Å²) in [5, 5.41) is 3.20. The van der Waals surface area contributed by atoms with Crippen LogP contribution in [0.3, 0.4) is 0 Å². The number of Topliss-reactive ketones (excluding diaryl/α,β-unsaturated/α-hetero) is 1. The maximum absolute atomic E-state index is 12.5. The van der Waals surface area contributed by atoms with E-state index in [1.165, 1.54) is 0 Å². The summed E-state index contributed by atoms with van der Waals surface area (Å²) >= 11 is 0. The number of hydrogen-bond donors (Lipinski definition) is 1. The van der Waals surface area contributed by atoms with Gasteiger partial charge in [-0.3, -0.25) is 14.4 Å².